The zero-order chi connectivity index (χ0) is 14.1. The number of halogens is 1. The molecule has 0 aliphatic carbocycles. The van der Waals surface area contributed by atoms with Gasteiger partial charge in [-0.25, -0.2) is 0 Å². The van der Waals surface area contributed by atoms with Gasteiger partial charge < -0.3 is 5.32 Å². The maximum absolute atomic E-state index is 12.0. The van der Waals surface area contributed by atoms with E-state index in [0.717, 1.165) is 15.7 Å². The molecule has 1 aliphatic heterocycles. The minimum absolute atomic E-state index is 0.00483. The molecule has 3 rings (SSSR count). The summed E-state index contributed by atoms with van der Waals surface area (Å²) < 4.78 is 0.981. The second-order valence-electron chi connectivity index (χ2n) is 5.02. The largest absolute Gasteiger partial charge is 0.324 e. The summed E-state index contributed by atoms with van der Waals surface area (Å²) in [5.41, 5.74) is 4.30. The van der Waals surface area contributed by atoms with E-state index in [4.69, 9.17) is 0 Å². The molecule has 2 aromatic rings. The molecule has 0 saturated heterocycles. The summed E-state index contributed by atoms with van der Waals surface area (Å²) in [6.07, 6.45) is 0. The smallest absolute Gasteiger partial charge is 0.246 e. The van der Waals surface area contributed by atoms with Gasteiger partial charge in [0, 0.05) is 22.3 Å². The van der Waals surface area contributed by atoms with Crippen LogP contribution in [0.4, 0.5) is 5.69 Å². The Kier molecular flexibility index (Phi) is 3.59. The third-order valence-corrected chi connectivity index (χ3v) is 3.97. The lowest BCUT2D eigenvalue weighted by atomic mass is 10.1. The van der Waals surface area contributed by atoms with Gasteiger partial charge in [-0.1, -0.05) is 45.8 Å². The van der Waals surface area contributed by atoms with E-state index in [0.29, 0.717) is 6.54 Å². The number of anilines is 1. The third kappa shape index (κ3) is 2.62. The fourth-order valence-corrected chi connectivity index (χ4v) is 2.74. The zero-order valence-corrected chi connectivity index (χ0v) is 12.7. The van der Waals surface area contributed by atoms with Crippen molar-refractivity contribution in [1.29, 1.82) is 0 Å². The number of benzene rings is 2. The van der Waals surface area contributed by atoms with Crippen molar-refractivity contribution in [3.63, 3.8) is 0 Å². The number of hydrogen-bond acceptors (Lipinski definition) is 2. The van der Waals surface area contributed by atoms with E-state index >= 15 is 0 Å². The van der Waals surface area contributed by atoms with Crippen LogP contribution < -0.4 is 10.6 Å². The second-order valence-corrected chi connectivity index (χ2v) is 5.94. The van der Waals surface area contributed by atoms with Crippen molar-refractivity contribution in [2.75, 3.05) is 5.32 Å². The average molecular weight is 331 g/mol. The quantitative estimate of drug-likeness (QED) is 0.903. The molecule has 0 saturated carbocycles. The predicted molar refractivity (Wildman–Crippen MR) is 83.5 cm³/mol. The maximum atomic E-state index is 12.0. The molecule has 1 heterocycles. The Morgan fingerprint density at radius 1 is 1.20 bits per heavy atom. The molecule has 4 heteroatoms. The van der Waals surface area contributed by atoms with Gasteiger partial charge in [-0.2, -0.15) is 0 Å². The Hall–Kier alpha value is -1.65. The number of hydrogen-bond donors (Lipinski definition) is 2. The van der Waals surface area contributed by atoms with Crippen LogP contribution in [0.5, 0.6) is 0 Å². The number of carbonyl (C=O) groups excluding carboxylic acids is 1. The molecule has 1 amide bonds. The first kappa shape index (κ1) is 13.3. The lowest BCUT2D eigenvalue weighted by Gasteiger charge is -2.12. The van der Waals surface area contributed by atoms with Crippen LogP contribution in [0.15, 0.2) is 46.9 Å². The summed E-state index contributed by atoms with van der Waals surface area (Å²) in [5.74, 6) is 0.00483. The SMILES string of the molecule is Cc1ccc(CNC2C(=O)Nc3ccc(Br)cc32)cc1. The van der Waals surface area contributed by atoms with Gasteiger partial charge in [0.15, 0.2) is 0 Å². The van der Waals surface area contributed by atoms with Crippen molar-refractivity contribution in [3.8, 4) is 0 Å². The third-order valence-electron chi connectivity index (χ3n) is 3.48. The molecule has 2 aromatic carbocycles. The van der Waals surface area contributed by atoms with Gasteiger partial charge in [-0.05, 0) is 30.7 Å². The van der Waals surface area contributed by atoms with Crippen molar-refractivity contribution in [2.24, 2.45) is 0 Å². The molecule has 0 spiro atoms. The van der Waals surface area contributed by atoms with E-state index in [2.05, 4.69) is 57.8 Å². The lowest BCUT2D eigenvalue weighted by molar-refractivity contribution is -0.117. The highest BCUT2D eigenvalue weighted by atomic mass is 79.9. The topological polar surface area (TPSA) is 41.1 Å². The highest BCUT2D eigenvalue weighted by Gasteiger charge is 2.29. The van der Waals surface area contributed by atoms with Gasteiger partial charge in [-0.15, -0.1) is 0 Å². The van der Waals surface area contributed by atoms with Crippen molar-refractivity contribution in [3.05, 3.63) is 63.6 Å². The van der Waals surface area contributed by atoms with Gasteiger partial charge in [0.1, 0.15) is 6.04 Å². The summed E-state index contributed by atoms with van der Waals surface area (Å²) in [4.78, 5) is 12.0. The fourth-order valence-electron chi connectivity index (χ4n) is 2.36. The summed E-state index contributed by atoms with van der Waals surface area (Å²) in [6, 6.07) is 13.9. The van der Waals surface area contributed by atoms with E-state index in [-0.39, 0.29) is 11.9 Å². The fraction of sp³-hybridized carbons (Fsp3) is 0.188. The minimum Gasteiger partial charge on any atom is -0.324 e. The van der Waals surface area contributed by atoms with E-state index in [1.807, 2.05) is 18.2 Å². The molecule has 0 fully saturated rings. The predicted octanol–water partition coefficient (Wildman–Crippen LogP) is 3.54. The van der Waals surface area contributed by atoms with Crippen LogP contribution >= 0.6 is 15.9 Å². The lowest BCUT2D eigenvalue weighted by Crippen LogP contribution is -2.27. The summed E-state index contributed by atoms with van der Waals surface area (Å²) in [7, 11) is 0. The Morgan fingerprint density at radius 2 is 1.95 bits per heavy atom. The summed E-state index contributed by atoms with van der Waals surface area (Å²) in [6.45, 7) is 2.74. The van der Waals surface area contributed by atoms with E-state index < -0.39 is 0 Å². The molecular formula is C16H15BrN2O. The van der Waals surface area contributed by atoms with E-state index in [1.165, 1.54) is 11.1 Å². The van der Waals surface area contributed by atoms with Gasteiger partial charge >= 0.3 is 0 Å². The molecule has 3 nitrogen and oxygen atoms in total. The summed E-state index contributed by atoms with van der Waals surface area (Å²) >= 11 is 3.45. The average Bonchev–Trinajstić information content (AvgIpc) is 2.73. The van der Waals surface area contributed by atoms with Gasteiger partial charge in [0.25, 0.3) is 0 Å². The molecular weight excluding hydrogens is 316 g/mol. The van der Waals surface area contributed by atoms with Crippen LogP contribution in [0.3, 0.4) is 0 Å². The highest BCUT2D eigenvalue weighted by Crippen LogP contribution is 2.33. The molecule has 20 heavy (non-hydrogen) atoms. The molecule has 1 aliphatic rings. The number of nitrogens with one attached hydrogen (secondary N) is 2. The number of fused-ring (bicyclic) bond motifs is 1. The van der Waals surface area contributed by atoms with Crippen molar-refractivity contribution in [1.82, 2.24) is 5.32 Å². The molecule has 102 valence electrons. The zero-order valence-electron chi connectivity index (χ0n) is 11.1. The van der Waals surface area contributed by atoms with E-state index in [9.17, 15) is 4.79 Å². The number of amides is 1. The number of carbonyl (C=O) groups is 1. The van der Waals surface area contributed by atoms with Crippen molar-refractivity contribution in [2.45, 2.75) is 19.5 Å². The number of rotatable bonds is 3. The minimum atomic E-state index is -0.288. The van der Waals surface area contributed by atoms with Gasteiger partial charge in [0.05, 0.1) is 0 Å². The Bertz CT molecular complexity index is 652. The van der Waals surface area contributed by atoms with Crippen molar-refractivity contribution < 1.29 is 4.79 Å². The Morgan fingerprint density at radius 3 is 2.70 bits per heavy atom. The Labute approximate surface area is 126 Å². The van der Waals surface area contributed by atoms with E-state index in [1.54, 1.807) is 0 Å². The van der Waals surface area contributed by atoms with Gasteiger partial charge in [0.2, 0.25) is 5.91 Å². The van der Waals surface area contributed by atoms with Crippen LogP contribution in [-0.4, -0.2) is 5.91 Å². The standard InChI is InChI=1S/C16H15BrN2O/c1-10-2-4-11(5-3-10)9-18-15-13-8-12(17)6-7-14(13)19-16(15)20/h2-8,15,18H,9H2,1H3,(H,19,20). The molecule has 0 radical (unpaired) electrons. The van der Waals surface area contributed by atoms with Crippen LogP contribution in [-0.2, 0) is 11.3 Å². The van der Waals surface area contributed by atoms with Gasteiger partial charge in [-0.3, -0.25) is 10.1 Å². The highest BCUT2D eigenvalue weighted by molar-refractivity contribution is 9.10. The van der Waals surface area contributed by atoms with Crippen molar-refractivity contribution >= 4 is 27.5 Å². The molecule has 1 unspecified atom stereocenters. The second kappa shape index (κ2) is 5.38. The molecule has 0 aromatic heterocycles. The summed E-state index contributed by atoms with van der Waals surface area (Å²) in [5, 5.41) is 6.22. The number of aryl methyl sites for hydroxylation is 1. The first-order chi connectivity index (χ1) is 9.63. The molecule has 2 N–H and O–H groups in total. The molecule has 0 bridgehead atoms. The molecule has 1 atom stereocenters. The van der Waals surface area contributed by atoms with Crippen LogP contribution in [0, 0.1) is 6.92 Å². The van der Waals surface area contributed by atoms with Crippen LogP contribution in [0.25, 0.3) is 0 Å². The Balaban J connectivity index is 1.76. The maximum Gasteiger partial charge on any atom is 0.246 e. The monoisotopic (exact) mass is 330 g/mol. The van der Waals surface area contributed by atoms with Crippen LogP contribution in [0.2, 0.25) is 0 Å². The van der Waals surface area contributed by atoms with Crippen LogP contribution in [0.1, 0.15) is 22.7 Å². The first-order valence-corrected chi connectivity index (χ1v) is 7.32. The normalized spacial score (nSPS) is 16.9. The first-order valence-electron chi connectivity index (χ1n) is 6.53.